The monoisotopic (exact) mass is 224 g/mol. The van der Waals surface area contributed by atoms with E-state index in [1.165, 1.54) is 0 Å². The summed E-state index contributed by atoms with van der Waals surface area (Å²) in [6, 6.07) is 0.250. The zero-order chi connectivity index (χ0) is 12.1. The number of rotatable bonds is 3. The van der Waals surface area contributed by atoms with Gasteiger partial charge in [0.25, 0.3) is 0 Å². The molecule has 92 valence electrons. The summed E-state index contributed by atoms with van der Waals surface area (Å²) in [7, 11) is 2.16. The molecule has 16 heavy (non-hydrogen) atoms. The van der Waals surface area contributed by atoms with Gasteiger partial charge in [-0.1, -0.05) is 34.6 Å². The predicted molar refractivity (Wildman–Crippen MR) is 68.3 cm³/mol. The van der Waals surface area contributed by atoms with E-state index in [1.807, 2.05) is 0 Å². The summed E-state index contributed by atoms with van der Waals surface area (Å²) in [6.07, 6.45) is 1.40. The Morgan fingerprint density at radius 3 is 2.38 bits per heavy atom. The molecule has 2 rings (SSSR count). The van der Waals surface area contributed by atoms with Crippen LogP contribution in [0.1, 0.15) is 41.0 Å². The third kappa shape index (κ3) is 1.40. The van der Waals surface area contributed by atoms with Crippen molar-refractivity contribution in [3.05, 3.63) is 0 Å². The fourth-order valence-electron chi connectivity index (χ4n) is 3.86. The standard InChI is InChI=1S/C13H25BO2/c1-8(2)6-13-7-15-10(11(14)16-13)12(13,5)9(3)4/h8-11H,6-7,14H2,1-5H3/t10-,11-,12-,13-/m1/s1. The van der Waals surface area contributed by atoms with E-state index in [2.05, 4.69) is 42.5 Å². The average molecular weight is 224 g/mol. The molecule has 0 aromatic rings. The smallest absolute Gasteiger partial charge is 0.142 e. The van der Waals surface area contributed by atoms with Crippen molar-refractivity contribution in [2.75, 3.05) is 6.61 Å². The zero-order valence-electron chi connectivity index (χ0n) is 11.5. The van der Waals surface area contributed by atoms with Crippen molar-refractivity contribution in [1.29, 1.82) is 0 Å². The van der Waals surface area contributed by atoms with Gasteiger partial charge in [-0.15, -0.1) is 0 Å². The zero-order valence-corrected chi connectivity index (χ0v) is 11.5. The average Bonchev–Trinajstić information content (AvgIpc) is 2.50. The van der Waals surface area contributed by atoms with Crippen molar-refractivity contribution in [2.45, 2.75) is 58.7 Å². The highest BCUT2D eigenvalue weighted by atomic mass is 16.6. The van der Waals surface area contributed by atoms with Gasteiger partial charge in [0.05, 0.1) is 24.3 Å². The first-order chi connectivity index (χ1) is 7.33. The van der Waals surface area contributed by atoms with Crippen LogP contribution in [-0.4, -0.2) is 32.2 Å². The van der Waals surface area contributed by atoms with Crippen LogP contribution in [0.3, 0.4) is 0 Å². The molecule has 0 aliphatic carbocycles. The Balaban J connectivity index is 2.35. The molecule has 2 saturated heterocycles. The Morgan fingerprint density at radius 2 is 1.94 bits per heavy atom. The van der Waals surface area contributed by atoms with E-state index in [0.29, 0.717) is 11.8 Å². The van der Waals surface area contributed by atoms with Crippen molar-refractivity contribution in [1.82, 2.24) is 0 Å². The fraction of sp³-hybridized carbons (Fsp3) is 1.00. The normalized spacial score (nSPS) is 47.2. The van der Waals surface area contributed by atoms with E-state index < -0.39 is 0 Å². The minimum Gasteiger partial charge on any atom is -0.375 e. The van der Waals surface area contributed by atoms with Gasteiger partial charge in [0, 0.05) is 5.41 Å². The second kappa shape index (κ2) is 3.74. The van der Waals surface area contributed by atoms with Crippen LogP contribution in [-0.2, 0) is 9.47 Å². The maximum atomic E-state index is 6.31. The van der Waals surface area contributed by atoms with E-state index in [-0.39, 0.29) is 23.1 Å². The van der Waals surface area contributed by atoms with Crippen LogP contribution in [0.25, 0.3) is 0 Å². The van der Waals surface area contributed by atoms with Crippen LogP contribution in [0.5, 0.6) is 0 Å². The maximum absolute atomic E-state index is 6.31. The molecule has 0 saturated carbocycles. The summed E-state index contributed by atoms with van der Waals surface area (Å²) >= 11 is 0. The quantitative estimate of drug-likeness (QED) is 0.681. The van der Waals surface area contributed by atoms with Gasteiger partial charge < -0.3 is 9.47 Å². The molecule has 4 atom stereocenters. The molecule has 0 aromatic carbocycles. The second-order valence-electron chi connectivity index (χ2n) is 6.58. The van der Waals surface area contributed by atoms with Crippen molar-refractivity contribution in [2.24, 2.45) is 17.3 Å². The maximum Gasteiger partial charge on any atom is 0.142 e. The molecule has 0 unspecified atom stereocenters. The topological polar surface area (TPSA) is 18.5 Å². The highest BCUT2D eigenvalue weighted by Gasteiger charge is 2.67. The number of hydrogen-bond donors (Lipinski definition) is 0. The highest BCUT2D eigenvalue weighted by molar-refractivity contribution is 6.11. The van der Waals surface area contributed by atoms with Gasteiger partial charge >= 0.3 is 0 Å². The molecule has 0 aromatic heterocycles. The summed E-state index contributed by atoms with van der Waals surface area (Å²) < 4.78 is 12.3. The van der Waals surface area contributed by atoms with Gasteiger partial charge in [0.1, 0.15) is 7.85 Å². The first-order valence-corrected chi connectivity index (χ1v) is 6.63. The molecule has 2 bridgehead atoms. The lowest BCUT2D eigenvalue weighted by Crippen LogP contribution is -2.48. The van der Waals surface area contributed by atoms with Crippen molar-refractivity contribution < 1.29 is 9.47 Å². The van der Waals surface area contributed by atoms with Gasteiger partial charge in [-0.3, -0.25) is 0 Å². The van der Waals surface area contributed by atoms with Crippen molar-refractivity contribution in [3.8, 4) is 0 Å². The molecular weight excluding hydrogens is 199 g/mol. The third-order valence-corrected chi connectivity index (χ3v) is 4.84. The lowest BCUT2D eigenvalue weighted by molar-refractivity contribution is -0.128. The van der Waals surface area contributed by atoms with Gasteiger partial charge in [0.2, 0.25) is 0 Å². The van der Waals surface area contributed by atoms with E-state index >= 15 is 0 Å². The SMILES string of the molecule is B[C@@H]1O[C@]2(CC(C)C)CO[C@H]1[C@@]2(C)C(C)C. The third-order valence-electron chi connectivity index (χ3n) is 4.84. The van der Waals surface area contributed by atoms with E-state index in [4.69, 9.17) is 9.47 Å². The molecule has 2 fully saturated rings. The molecule has 2 aliphatic heterocycles. The predicted octanol–water partition coefficient (Wildman–Crippen LogP) is 1.82. The number of fused-ring (bicyclic) bond motifs is 2. The van der Waals surface area contributed by atoms with Gasteiger partial charge in [-0.05, 0) is 18.3 Å². The lowest BCUT2D eigenvalue weighted by Gasteiger charge is -2.41. The summed E-state index contributed by atoms with van der Waals surface area (Å²) in [4.78, 5) is 0. The Hall–Kier alpha value is -0.0151. The first kappa shape index (κ1) is 12.4. The molecule has 0 amide bonds. The van der Waals surface area contributed by atoms with Crippen LogP contribution in [0, 0.1) is 17.3 Å². The molecule has 2 heterocycles. The minimum atomic E-state index is -0.0422. The minimum absolute atomic E-state index is 0.0422. The fourth-order valence-corrected chi connectivity index (χ4v) is 3.86. The van der Waals surface area contributed by atoms with Crippen LogP contribution >= 0.6 is 0 Å². The Bertz CT molecular complexity index is 279. The van der Waals surface area contributed by atoms with Crippen LogP contribution in [0.4, 0.5) is 0 Å². The van der Waals surface area contributed by atoms with Crippen LogP contribution in [0.2, 0.25) is 0 Å². The van der Waals surface area contributed by atoms with Gasteiger partial charge in [-0.2, -0.15) is 0 Å². The summed E-state index contributed by atoms with van der Waals surface area (Å²) in [5, 5.41) is 0. The molecule has 0 radical (unpaired) electrons. The molecule has 2 nitrogen and oxygen atoms in total. The molecule has 2 aliphatic rings. The molecule has 3 heteroatoms. The Labute approximate surface area is 100 Å². The molecule has 0 spiro atoms. The number of hydrogen-bond acceptors (Lipinski definition) is 2. The Kier molecular flexibility index (Phi) is 2.91. The summed E-state index contributed by atoms with van der Waals surface area (Å²) in [6.45, 7) is 12.3. The largest absolute Gasteiger partial charge is 0.375 e. The highest BCUT2D eigenvalue weighted by Crippen LogP contribution is 2.59. The Morgan fingerprint density at radius 1 is 1.31 bits per heavy atom. The van der Waals surface area contributed by atoms with Crippen LogP contribution in [0.15, 0.2) is 0 Å². The van der Waals surface area contributed by atoms with Crippen molar-refractivity contribution >= 4 is 7.85 Å². The van der Waals surface area contributed by atoms with Gasteiger partial charge in [-0.25, -0.2) is 0 Å². The van der Waals surface area contributed by atoms with Gasteiger partial charge in [0.15, 0.2) is 0 Å². The van der Waals surface area contributed by atoms with Crippen LogP contribution < -0.4 is 0 Å². The summed E-state index contributed by atoms with van der Waals surface area (Å²) in [5.41, 5.74) is 0.135. The number of ether oxygens (including phenoxy) is 2. The molecule has 0 N–H and O–H groups in total. The summed E-state index contributed by atoms with van der Waals surface area (Å²) in [5.74, 6) is 1.26. The van der Waals surface area contributed by atoms with E-state index in [1.54, 1.807) is 0 Å². The molecular formula is C13H25BO2. The lowest BCUT2D eigenvalue weighted by atomic mass is 9.62. The van der Waals surface area contributed by atoms with E-state index in [9.17, 15) is 0 Å². The van der Waals surface area contributed by atoms with E-state index in [0.717, 1.165) is 13.0 Å². The second-order valence-corrected chi connectivity index (χ2v) is 6.58. The van der Waals surface area contributed by atoms with Crippen molar-refractivity contribution in [3.63, 3.8) is 0 Å². The first-order valence-electron chi connectivity index (χ1n) is 6.63.